The van der Waals surface area contributed by atoms with E-state index in [1.54, 1.807) is 18.2 Å². The second-order valence-electron chi connectivity index (χ2n) is 5.06. The van der Waals surface area contributed by atoms with E-state index in [0.717, 1.165) is 5.56 Å². The lowest BCUT2D eigenvalue weighted by atomic mass is 10.2. The van der Waals surface area contributed by atoms with Crippen molar-refractivity contribution in [3.63, 3.8) is 0 Å². The zero-order chi connectivity index (χ0) is 14.7. The first-order valence-corrected chi connectivity index (χ1v) is 8.28. The fourth-order valence-corrected chi connectivity index (χ4v) is 2.99. The fraction of sp³-hybridized carbons (Fsp3) is 0.385. The summed E-state index contributed by atoms with van der Waals surface area (Å²) in [4.78, 5) is 4.14. The molecule has 1 aromatic heterocycles. The van der Waals surface area contributed by atoms with E-state index >= 15 is 0 Å². The average Bonchev–Trinajstić information content (AvgIpc) is 3.17. The van der Waals surface area contributed by atoms with Gasteiger partial charge in [0.1, 0.15) is 12.2 Å². The summed E-state index contributed by atoms with van der Waals surface area (Å²) in [5, 5.41) is 9.66. The predicted octanol–water partition coefficient (Wildman–Crippen LogP) is 0.535. The van der Waals surface area contributed by atoms with Crippen LogP contribution in [0.3, 0.4) is 0 Å². The maximum atomic E-state index is 12.2. The normalized spacial score (nSPS) is 15.2. The van der Waals surface area contributed by atoms with E-state index in [0.29, 0.717) is 18.4 Å². The third-order valence-electron chi connectivity index (χ3n) is 3.28. The van der Waals surface area contributed by atoms with Crippen LogP contribution in [0, 0.1) is 0 Å². The molecule has 1 saturated carbocycles. The minimum absolute atomic E-state index is 0.0902. The summed E-state index contributed by atoms with van der Waals surface area (Å²) in [5.41, 5.74) is 0.962. The average molecular weight is 307 g/mol. The molecule has 21 heavy (non-hydrogen) atoms. The third-order valence-corrected chi connectivity index (χ3v) is 4.67. The molecule has 3 N–H and O–H groups in total. The van der Waals surface area contributed by atoms with Gasteiger partial charge in [0.15, 0.2) is 0 Å². The van der Waals surface area contributed by atoms with Crippen LogP contribution in [0.1, 0.15) is 24.2 Å². The van der Waals surface area contributed by atoms with Crippen molar-refractivity contribution in [2.24, 2.45) is 0 Å². The molecule has 1 aromatic carbocycles. The number of benzene rings is 1. The van der Waals surface area contributed by atoms with Gasteiger partial charge in [-0.15, -0.1) is 0 Å². The number of nitrogens with one attached hydrogen (secondary N) is 3. The van der Waals surface area contributed by atoms with Gasteiger partial charge in [0.05, 0.1) is 11.4 Å². The molecule has 8 heteroatoms. The molecule has 0 atom stereocenters. The predicted molar refractivity (Wildman–Crippen MR) is 76.7 cm³/mol. The van der Waals surface area contributed by atoms with Crippen molar-refractivity contribution in [1.29, 1.82) is 0 Å². The van der Waals surface area contributed by atoms with Crippen molar-refractivity contribution in [3.8, 4) is 0 Å². The van der Waals surface area contributed by atoms with Crippen LogP contribution >= 0.6 is 0 Å². The Morgan fingerprint density at radius 2 is 2.14 bits per heavy atom. The minimum Gasteiger partial charge on any atom is -0.310 e. The molecular formula is C13H17N5O2S. The Bertz CT molecular complexity index is 695. The van der Waals surface area contributed by atoms with Crippen molar-refractivity contribution in [1.82, 2.24) is 25.2 Å². The van der Waals surface area contributed by atoms with Crippen molar-refractivity contribution in [3.05, 3.63) is 42.0 Å². The molecule has 0 aliphatic heterocycles. The fourth-order valence-electron chi connectivity index (χ4n) is 1.93. The van der Waals surface area contributed by atoms with Crippen LogP contribution in [-0.2, 0) is 23.1 Å². The number of hydrogen-bond acceptors (Lipinski definition) is 5. The molecule has 7 nitrogen and oxygen atoms in total. The van der Waals surface area contributed by atoms with E-state index < -0.39 is 10.0 Å². The lowest BCUT2D eigenvalue weighted by molar-refractivity contribution is 0.579. The molecule has 0 amide bonds. The molecule has 0 unspecified atom stereocenters. The summed E-state index contributed by atoms with van der Waals surface area (Å²) in [6.07, 6.45) is 3.75. The number of rotatable bonds is 7. The number of sulfonamides is 1. The van der Waals surface area contributed by atoms with E-state index in [4.69, 9.17) is 0 Å². The van der Waals surface area contributed by atoms with Gasteiger partial charge in [0.2, 0.25) is 10.0 Å². The number of aromatic nitrogens is 3. The highest BCUT2D eigenvalue weighted by molar-refractivity contribution is 7.89. The highest BCUT2D eigenvalue weighted by Gasteiger charge is 2.20. The first-order valence-electron chi connectivity index (χ1n) is 6.80. The van der Waals surface area contributed by atoms with Gasteiger partial charge >= 0.3 is 0 Å². The SMILES string of the molecule is O=S(=O)(NCc1ncn[nH]1)c1cccc(CNC2CC2)c1. The Balaban J connectivity index is 1.67. The third kappa shape index (κ3) is 3.87. The second-order valence-corrected chi connectivity index (χ2v) is 6.83. The first-order chi connectivity index (χ1) is 10.1. The van der Waals surface area contributed by atoms with E-state index in [2.05, 4.69) is 25.2 Å². The van der Waals surface area contributed by atoms with Crippen LogP contribution in [0.15, 0.2) is 35.5 Å². The number of H-pyrrole nitrogens is 1. The smallest absolute Gasteiger partial charge is 0.240 e. The molecule has 1 aliphatic rings. The van der Waals surface area contributed by atoms with E-state index in [9.17, 15) is 8.42 Å². The second kappa shape index (κ2) is 5.92. The van der Waals surface area contributed by atoms with Gasteiger partial charge in [-0.25, -0.2) is 18.1 Å². The van der Waals surface area contributed by atoms with Crippen LogP contribution in [0.4, 0.5) is 0 Å². The van der Waals surface area contributed by atoms with Gasteiger partial charge in [-0.3, -0.25) is 5.10 Å². The van der Waals surface area contributed by atoms with Crippen molar-refractivity contribution >= 4 is 10.0 Å². The van der Waals surface area contributed by atoms with Gasteiger partial charge in [-0.2, -0.15) is 5.10 Å². The molecule has 1 heterocycles. The molecule has 0 spiro atoms. The van der Waals surface area contributed by atoms with Crippen LogP contribution in [0.25, 0.3) is 0 Å². The van der Waals surface area contributed by atoms with Gasteiger partial charge in [-0.1, -0.05) is 12.1 Å². The summed E-state index contributed by atoms with van der Waals surface area (Å²) in [6, 6.07) is 7.55. The first kappa shape index (κ1) is 14.2. The van der Waals surface area contributed by atoms with E-state index in [1.807, 2.05) is 6.07 Å². The van der Waals surface area contributed by atoms with Gasteiger partial charge in [0, 0.05) is 12.6 Å². The molecule has 3 rings (SSSR count). The lowest BCUT2D eigenvalue weighted by Crippen LogP contribution is -2.24. The maximum absolute atomic E-state index is 12.2. The number of aromatic amines is 1. The summed E-state index contributed by atoms with van der Waals surface area (Å²) < 4.78 is 27.0. The monoisotopic (exact) mass is 307 g/mol. The molecule has 1 fully saturated rings. The Morgan fingerprint density at radius 3 is 2.86 bits per heavy atom. The van der Waals surface area contributed by atoms with Crippen LogP contribution in [-0.4, -0.2) is 29.6 Å². The summed E-state index contributed by atoms with van der Waals surface area (Å²) in [7, 11) is -3.55. The zero-order valence-electron chi connectivity index (χ0n) is 11.4. The highest BCUT2D eigenvalue weighted by Crippen LogP contribution is 2.20. The molecular weight excluding hydrogens is 290 g/mol. The Morgan fingerprint density at radius 1 is 1.29 bits per heavy atom. The molecule has 112 valence electrons. The van der Waals surface area contributed by atoms with Crippen LogP contribution in [0.2, 0.25) is 0 Å². The highest BCUT2D eigenvalue weighted by atomic mass is 32.2. The molecule has 2 aromatic rings. The zero-order valence-corrected chi connectivity index (χ0v) is 12.2. The molecule has 0 bridgehead atoms. The molecule has 0 radical (unpaired) electrons. The lowest BCUT2D eigenvalue weighted by Gasteiger charge is -2.08. The van der Waals surface area contributed by atoms with Crippen molar-refractivity contribution in [2.45, 2.75) is 36.9 Å². The van der Waals surface area contributed by atoms with Crippen molar-refractivity contribution < 1.29 is 8.42 Å². The topological polar surface area (TPSA) is 99.8 Å². The van der Waals surface area contributed by atoms with Gasteiger partial charge in [-0.05, 0) is 30.5 Å². The minimum atomic E-state index is -3.55. The Hall–Kier alpha value is -1.77. The molecule has 1 aliphatic carbocycles. The number of nitrogens with zero attached hydrogens (tertiary/aromatic N) is 2. The van der Waals surface area contributed by atoms with Gasteiger partial charge in [0.25, 0.3) is 0 Å². The van der Waals surface area contributed by atoms with Crippen LogP contribution in [0.5, 0.6) is 0 Å². The Kier molecular flexibility index (Phi) is 4.00. The summed E-state index contributed by atoms with van der Waals surface area (Å²) >= 11 is 0. The summed E-state index contributed by atoms with van der Waals surface area (Å²) in [5.74, 6) is 0.477. The van der Waals surface area contributed by atoms with Crippen molar-refractivity contribution in [2.75, 3.05) is 0 Å². The van der Waals surface area contributed by atoms with E-state index in [1.165, 1.54) is 19.2 Å². The Labute approximate surface area is 123 Å². The van der Waals surface area contributed by atoms with Crippen LogP contribution < -0.4 is 10.0 Å². The van der Waals surface area contributed by atoms with E-state index in [-0.39, 0.29) is 11.4 Å². The molecule has 0 saturated heterocycles. The largest absolute Gasteiger partial charge is 0.310 e. The van der Waals surface area contributed by atoms with Gasteiger partial charge < -0.3 is 5.32 Å². The standard InChI is InChI=1S/C13H17N5O2S/c19-21(20,17-8-13-15-9-16-18-13)12-3-1-2-10(6-12)7-14-11-4-5-11/h1-3,6,9,11,14,17H,4-5,7-8H2,(H,15,16,18). The quantitative estimate of drug-likeness (QED) is 0.693. The number of hydrogen-bond donors (Lipinski definition) is 3. The summed E-state index contributed by atoms with van der Waals surface area (Å²) in [6.45, 7) is 0.781. The maximum Gasteiger partial charge on any atom is 0.240 e.